The molecule has 188 valence electrons. The minimum absolute atomic E-state index is 0.00412. The number of fused-ring (bicyclic) bond motifs is 1. The maximum Gasteiger partial charge on any atom is 0.225 e. The van der Waals surface area contributed by atoms with Crippen molar-refractivity contribution in [2.75, 3.05) is 50.8 Å². The van der Waals surface area contributed by atoms with Gasteiger partial charge in [0.1, 0.15) is 19.3 Å². The fourth-order valence-electron chi connectivity index (χ4n) is 5.32. The van der Waals surface area contributed by atoms with Crippen LogP contribution in [-0.2, 0) is 4.79 Å². The number of halogens is 1. The van der Waals surface area contributed by atoms with Crippen molar-refractivity contribution in [3.63, 3.8) is 0 Å². The van der Waals surface area contributed by atoms with Crippen LogP contribution < -0.4 is 19.7 Å². The standard InChI is InChI=1S/C27H34ClN3O4/c28-21-6-8-22(9-7-21)31-13-3-4-20(17-31)27(33)29-23(18-30-11-1-2-12-30)26(32)19-5-10-24-25(16-19)35-15-14-34-24/h5-10,16,20,23,26,32H,1-4,11-15,17-18H2,(H,29,33). The van der Waals surface area contributed by atoms with Crippen molar-refractivity contribution >= 4 is 23.2 Å². The molecule has 3 heterocycles. The summed E-state index contributed by atoms with van der Waals surface area (Å²) < 4.78 is 11.3. The monoisotopic (exact) mass is 499 g/mol. The second-order valence-corrected chi connectivity index (χ2v) is 10.2. The number of likely N-dealkylation sites (tertiary alicyclic amines) is 1. The summed E-state index contributed by atoms with van der Waals surface area (Å²) in [5.74, 6) is 1.21. The molecule has 2 aromatic carbocycles. The number of carbonyl (C=O) groups is 1. The third-order valence-electron chi connectivity index (χ3n) is 7.25. The minimum Gasteiger partial charge on any atom is -0.486 e. The van der Waals surface area contributed by atoms with Gasteiger partial charge >= 0.3 is 0 Å². The van der Waals surface area contributed by atoms with E-state index in [0.717, 1.165) is 56.6 Å². The van der Waals surface area contributed by atoms with E-state index in [2.05, 4.69) is 15.1 Å². The highest BCUT2D eigenvalue weighted by atomic mass is 35.5. The lowest BCUT2D eigenvalue weighted by atomic mass is 9.95. The van der Waals surface area contributed by atoms with Gasteiger partial charge in [0, 0.05) is 30.3 Å². The maximum atomic E-state index is 13.4. The molecule has 1 amide bonds. The summed E-state index contributed by atoms with van der Waals surface area (Å²) in [7, 11) is 0. The smallest absolute Gasteiger partial charge is 0.225 e. The summed E-state index contributed by atoms with van der Waals surface area (Å²) in [6.45, 7) is 5.20. The van der Waals surface area contributed by atoms with Gasteiger partial charge in [0.2, 0.25) is 5.91 Å². The van der Waals surface area contributed by atoms with Gasteiger partial charge in [-0.15, -0.1) is 0 Å². The molecule has 8 heteroatoms. The van der Waals surface area contributed by atoms with Crippen molar-refractivity contribution in [2.45, 2.75) is 37.8 Å². The number of hydrogen-bond acceptors (Lipinski definition) is 6. The molecule has 0 radical (unpaired) electrons. The van der Waals surface area contributed by atoms with Crippen LogP contribution in [0.4, 0.5) is 5.69 Å². The van der Waals surface area contributed by atoms with E-state index in [0.29, 0.717) is 42.8 Å². The Morgan fingerprint density at radius 3 is 2.54 bits per heavy atom. The maximum absolute atomic E-state index is 13.4. The Morgan fingerprint density at radius 1 is 1.03 bits per heavy atom. The zero-order chi connectivity index (χ0) is 24.2. The highest BCUT2D eigenvalue weighted by molar-refractivity contribution is 6.30. The van der Waals surface area contributed by atoms with E-state index in [1.165, 1.54) is 0 Å². The molecule has 2 fully saturated rings. The van der Waals surface area contributed by atoms with E-state index >= 15 is 0 Å². The molecule has 2 saturated heterocycles. The minimum atomic E-state index is -0.841. The second-order valence-electron chi connectivity index (χ2n) is 9.73. The quantitative estimate of drug-likeness (QED) is 0.606. The van der Waals surface area contributed by atoms with Crippen molar-refractivity contribution in [3.8, 4) is 11.5 Å². The number of aliphatic hydroxyl groups is 1. The van der Waals surface area contributed by atoms with Crippen molar-refractivity contribution < 1.29 is 19.4 Å². The Kier molecular flexibility index (Phi) is 7.66. The number of anilines is 1. The van der Waals surface area contributed by atoms with Gasteiger partial charge in [0.15, 0.2) is 11.5 Å². The first kappa shape index (κ1) is 24.2. The summed E-state index contributed by atoms with van der Waals surface area (Å²) in [6.07, 6.45) is 3.25. The molecule has 2 N–H and O–H groups in total. The molecule has 0 aromatic heterocycles. The molecule has 0 spiro atoms. The van der Waals surface area contributed by atoms with Crippen LogP contribution in [0.25, 0.3) is 0 Å². The van der Waals surface area contributed by atoms with Crippen LogP contribution in [0, 0.1) is 5.92 Å². The number of aliphatic hydroxyl groups excluding tert-OH is 1. The Balaban J connectivity index is 1.29. The van der Waals surface area contributed by atoms with E-state index in [1.807, 2.05) is 42.5 Å². The molecule has 0 aliphatic carbocycles. The molecular formula is C27H34ClN3O4. The van der Waals surface area contributed by atoms with Gasteiger partial charge in [0.05, 0.1) is 12.0 Å². The number of nitrogens with zero attached hydrogens (tertiary/aromatic N) is 2. The Labute approximate surface area is 212 Å². The summed E-state index contributed by atoms with van der Waals surface area (Å²) in [4.78, 5) is 18.0. The predicted molar refractivity (Wildman–Crippen MR) is 136 cm³/mol. The number of piperidine rings is 1. The van der Waals surface area contributed by atoms with Crippen LogP contribution in [0.5, 0.6) is 11.5 Å². The number of hydrogen-bond donors (Lipinski definition) is 2. The van der Waals surface area contributed by atoms with Gasteiger partial charge in [0.25, 0.3) is 0 Å². The van der Waals surface area contributed by atoms with E-state index in [1.54, 1.807) is 0 Å². The third kappa shape index (κ3) is 5.85. The Morgan fingerprint density at radius 2 is 1.77 bits per heavy atom. The van der Waals surface area contributed by atoms with Crippen LogP contribution in [0.15, 0.2) is 42.5 Å². The first-order chi connectivity index (χ1) is 17.1. The molecule has 5 rings (SSSR count). The predicted octanol–water partition coefficient (Wildman–Crippen LogP) is 3.64. The average molecular weight is 500 g/mol. The van der Waals surface area contributed by atoms with Crippen LogP contribution >= 0.6 is 11.6 Å². The summed E-state index contributed by atoms with van der Waals surface area (Å²) in [5, 5.41) is 15.3. The van der Waals surface area contributed by atoms with Crippen LogP contribution in [0.3, 0.4) is 0 Å². The lowest BCUT2D eigenvalue weighted by Crippen LogP contribution is -2.51. The normalized spacial score (nSPS) is 22.0. The molecule has 3 atom stereocenters. The lowest BCUT2D eigenvalue weighted by molar-refractivity contribution is -0.127. The first-order valence-electron chi connectivity index (χ1n) is 12.7. The molecular weight excluding hydrogens is 466 g/mol. The highest BCUT2D eigenvalue weighted by Gasteiger charge is 2.32. The van der Waals surface area contributed by atoms with Crippen LogP contribution in [0.2, 0.25) is 5.02 Å². The largest absolute Gasteiger partial charge is 0.486 e. The van der Waals surface area contributed by atoms with Crippen molar-refractivity contribution in [3.05, 3.63) is 53.1 Å². The lowest BCUT2D eigenvalue weighted by Gasteiger charge is -2.35. The fourth-order valence-corrected chi connectivity index (χ4v) is 5.45. The third-order valence-corrected chi connectivity index (χ3v) is 7.51. The van der Waals surface area contributed by atoms with E-state index in [4.69, 9.17) is 21.1 Å². The summed E-state index contributed by atoms with van der Waals surface area (Å²) in [5.41, 5.74) is 1.81. The molecule has 2 aromatic rings. The Hall–Kier alpha value is -2.48. The molecule has 0 bridgehead atoms. The van der Waals surface area contributed by atoms with Crippen LogP contribution in [-0.4, -0.2) is 67.9 Å². The van der Waals surface area contributed by atoms with Gasteiger partial charge < -0.3 is 29.7 Å². The first-order valence-corrected chi connectivity index (χ1v) is 13.1. The van der Waals surface area contributed by atoms with Crippen molar-refractivity contribution in [1.29, 1.82) is 0 Å². The number of carbonyl (C=O) groups excluding carboxylic acids is 1. The van der Waals surface area contributed by atoms with Crippen molar-refractivity contribution in [2.24, 2.45) is 5.92 Å². The zero-order valence-electron chi connectivity index (χ0n) is 20.0. The highest BCUT2D eigenvalue weighted by Crippen LogP contribution is 2.34. The van der Waals surface area contributed by atoms with Gasteiger partial charge in [-0.3, -0.25) is 4.79 Å². The summed E-state index contributed by atoms with van der Waals surface area (Å²) >= 11 is 6.05. The molecule has 3 aliphatic rings. The molecule has 3 unspecified atom stereocenters. The fraction of sp³-hybridized carbons (Fsp3) is 0.519. The van der Waals surface area contributed by atoms with Gasteiger partial charge in [-0.1, -0.05) is 17.7 Å². The average Bonchev–Trinajstić information content (AvgIpc) is 3.41. The molecule has 7 nitrogen and oxygen atoms in total. The van der Waals surface area contributed by atoms with E-state index < -0.39 is 12.1 Å². The number of rotatable bonds is 7. The Bertz CT molecular complexity index is 1010. The molecule has 35 heavy (non-hydrogen) atoms. The van der Waals surface area contributed by atoms with E-state index in [-0.39, 0.29) is 11.8 Å². The number of amides is 1. The van der Waals surface area contributed by atoms with Crippen LogP contribution in [0.1, 0.15) is 37.4 Å². The number of ether oxygens (including phenoxy) is 2. The molecule has 3 aliphatic heterocycles. The van der Waals surface area contributed by atoms with Gasteiger partial charge in [-0.05, 0) is 80.7 Å². The number of benzene rings is 2. The zero-order valence-corrected chi connectivity index (χ0v) is 20.8. The second kappa shape index (κ2) is 11.1. The van der Waals surface area contributed by atoms with Gasteiger partial charge in [-0.25, -0.2) is 0 Å². The topological polar surface area (TPSA) is 74.3 Å². The van der Waals surface area contributed by atoms with E-state index in [9.17, 15) is 9.90 Å². The number of nitrogens with one attached hydrogen (secondary N) is 1. The van der Waals surface area contributed by atoms with Crippen molar-refractivity contribution in [1.82, 2.24) is 10.2 Å². The van der Waals surface area contributed by atoms with Gasteiger partial charge in [-0.2, -0.15) is 0 Å². The SMILES string of the molecule is O=C(NC(CN1CCCC1)C(O)c1ccc2c(c1)OCCO2)C1CCCN(c2ccc(Cl)cc2)C1. The summed E-state index contributed by atoms with van der Waals surface area (Å²) in [6, 6.07) is 12.9. The molecule has 0 saturated carbocycles.